The number of hydrogen-bond donors (Lipinski definition) is 6. The highest BCUT2D eigenvalue weighted by Crippen LogP contribution is 2.30. The SMILES string of the molecule is CONC=CCC1CCNC(C(=O)NC(C(C)C)C2OC(SC)C(O)C(O)C2O)C1. The topological polar surface area (TPSA) is 132 Å². The summed E-state index contributed by atoms with van der Waals surface area (Å²) in [5.74, 6) is 0.194. The molecule has 0 aromatic rings. The number of ether oxygens (including phenoxy) is 1. The molecule has 0 aromatic carbocycles. The van der Waals surface area contributed by atoms with Crippen molar-refractivity contribution in [3.8, 4) is 0 Å². The number of rotatable bonds is 9. The molecule has 0 aliphatic carbocycles. The van der Waals surface area contributed by atoms with Gasteiger partial charge in [0.2, 0.25) is 5.91 Å². The van der Waals surface area contributed by atoms with Crippen LogP contribution in [0.15, 0.2) is 12.3 Å². The van der Waals surface area contributed by atoms with Crippen LogP contribution in [0.2, 0.25) is 0 Å². The lowest BCUT2D eigenvalue weighted by atomic mass is 9.87. The Morgan fingerprint density at radius 3 is 2.67 bits per heavy atom. The fraction of sp³-hybridized carbons (Fsp3) is 0.850. The minimum absolute atomic E-state index is 0.0408. The average molecular weight is 448 g/mol. The fourth-order valence-electron chi connectivity index (χ4n) is 4.04. The van der Waals surface area contributed by atoms with Gasteiger partial charge in [-0.05, 0) is 43.9 Å². The number of carbonyl (C=O) groups is 1. The molecule has 8 atom stereocenters. The van der Waals surface area contributed by atoms with Crippen molar-refractivity contribution in [3.63, 3.8) is 0 Å². The number of aliphatic hydroxyl groups is 3. The normalized spacial score (nSPS) is 36.1. The molecule has 2 aliphatic rings. The van der Waals surface area contributed by atoms with Crippen molar-refractivity contribution in [2.24, 2.45) is 11.8 Å². The highest BCUT2D eigenvalue weighted by atomic mass is 32.2. The van der Waals surface area contributed by atoms with Crippen LogP contribution in [-0.4, -0.2) is 83.1 Å². The van der Waals surface area contributed by atoms with Crippen LogP contribution in [0, 0.1) is 11.8 Å². The van der Waals surface area contributed by atoms with Crippen LogP contribution in [0.4, 0.5) is 0 Å². The molecule has 0 spiro atoms. The Morgan fingerprint density at radius 2 is 2.03 bits per heavy atom. The third-order valence-corrected chi connectivity index (χ3v) is 6.68. The van der Waals surface area contributed by atoms with Gasteiger partial charge in [-0.1, -0.05) is 19.9 Å². The summed E-state index contributed by atoms with van der Waals surface area (Å²) < 4.78 is 5.88. The second-order valence-electron chi connectivity index (χ2n) is 8.31. The van der Waals surface area contributed by atoms with Crippen molar-refractivity contribution in [2.45, 2.75) is 75.0 Å². The standard InChI is InChI=1S/C20H37N3O6S/c1-11(2)14(18-16(25)15(24)17(26)20(29-18)30-4)23-19(27)13-10-12(7-9-21-13)6-5-8-22-28-3/h5,8,11-18,20-22,24-26H,6-7,9-10H2,1-4H3,(H,23,27). The highest BCUT2D eigenvalue weighted by Gasteiger charge is 2.47. The lowest BCUT2D eigenvalue weighted by Crippen LogP contribution is -2.65. The van der Waals surface area contributed by atoms with Crippen LogP contribution in [-0.2, 0) is 14.4 Å². The van der Waals surface area contributed by atoms with Crippen molar-refractivity contribution in [1.82, 2.24) is 16.1 Å². The molecule has 0 radical (unpaired) electrons. The maximum absolute atomic E-state index is 13.0. The monoisotopic (exact) mass is 447 g/mol. The number of carbonyl (C=O) groups excluding carboxylic acids is 1. The maximum atomic E-state index is 13.0. The average Bonchev–Trinajstić information content (AvgIpc) is 2.74. The van der Waals surface area contributed by atoms with Crippen LogP contribution >= 0.6 is 11.8 Å². The minimum Gasteiger partial charge on any atom is -0.388 e. The molecular formula is C20H37N3O6S. The Hall–Kier alpha value is -0.880. The Kier molecular flexibility index (Phi) is 10.3. The molecule has 1 amide bonds. The molecule has 0 aromatic heterocycles. The number of aliphatic hydroxyl groups excluding tert-OH is 3. The number of thioether (sulfide) groups is 1. The zero-order chi connectivity index (χ0) is 22.3. The summed E-state index contributed by atoms with van der Waals surface area (Å²) in [6, 6.07) is -0.835. The molecule has 9 nitrogen and oxygen atoms in total. The van der Waals surface area contributed by atoms with Crippen molar-refractivity contribution in [2.75, 3.05) is 19.9 Å². The van der Waals surface area contributed by atoms with E-state index in [0.29, 0.717) is 12.3 Å². The van der Waals surface area contributed by atoms with E-state index >= 15 is 0 Å². The third-order valence-electron chi connectivity index (χ3n) is 5.82. The Balaban J connectivity index is 2.01. The smallest absolute Gasteiger partial charge is 0.237 e. The first-order valence-electron chi connectivity index (χ1n) is 10.5. The van der Waals surface area contributed by atoms with Crippen LogP contribution in [0.1, 0.15) is 33.1 Å². The van der Waals surface area contributed by atoms with E-state index in [4.69, 9.17) is 9.57 Å². The van der Waals surface area contributed by atoms with Crippen LogP contribution in [0.3, 0.4) is 0 Å². The second-order valence-corrected chi connectivity index (χ2v) is 9.25. The molecule has 2 heterocycles. The summed E-state index contributed by atoms with van der Waals surface area (Å²) in [5, 5.41) is 37.2. The number of piperidine rings is 1. The highest BCUT2D eigenvalue weighted by molar-refractivity contribution is 7.99. The molecular weight excluding hydrogens is 410 g/mol. The second kappa shape index (κ2) is 12.2. The molecule has 8 unspecified atom stereocenters. The third kappa shape index (κ3) is 6.56. The van der Waals surface area contributed by atoms with Gasteiger partial charge in [-0.2, -0.15) is 0 Å². The van der Waals surface area contributed by atoms with Gasteiger partial charge >= 0.3 is 0 Å². The molecule has 0 bridgehead atoms. The first-order valence-corrected chi connectivity index (χ1v) is 11.8. The van der Waals surface area contributed by atoms with Crippen LogP contribution in [0.5, 0.6) is 0 Å². The molecule has 2 saturated heterocycles. The van der Waals surface area contributed by atoms with Crippen molar-refractivity contribution in [1.29, 1.82) is 0 Å². The summed E-state index contributed by atoms with van der Waals surface area (Å²) in [4.78, 5) is 17.8. The summed E-state index contributed by atoms with van der Waals surface area (Å²) in [7, 11) is 1.55. The van der Waals surface area contributed by atoms with E-state index in [0.717, 1.165) is 19.4 Å². The van der Waals surface area contributed by atoms with E-state index in [1.54, 1.807) is 19.6 Å². The molecule has 10 heteroatoms. The molecule has 30 heavy (non-hydrogen) atoms. The van der Waals surface area contributed by atoms with Gasteiger partial charge in [0.15, 0.2) is 0 Å². The Labute approximate surface area is 182 Å². The predicted molar refractivity (Wildman–Crippen MR) is 115 cm³/mol. The van der Waals surface area contributed by atoms with Gasteiger partial charge in [0.05, 0.1) is 19.2 Å². The van der Waals surface area contributed by atoms with Gasteiger partial charge in [-0.15, -0.1) is 11.8 Å². The number of hydrogen-bond acceptors (Lipinski definition) is 9. The Morgan fingerprint density at radius 1 is 1.30 bits per heavy atom. The van der Waals surface area contributed by atoms with Gasteiger partial charge in [0.1, 0.15) is 29.9 Å². The quantitative estimate of drug-likeness (QED) is 0.264. The molecule has 2 fully saturated rings. The van der Waals surface area contributed by atoms with Gasteiger partial charge in [-0.3, -0.25) is 15.1 Å². The zero-order valence-corrected chi connectivity index (χ0v) is 19.0. The minimum atomic E-state index is -1.33. The van der Waals surface area contributed by atoms with Gasteiger partial charge in [0, 0.05) is 6.20 Å². The Bertz CT molecular complexity index is 565. The summed E-state index contributed by atoms with van der Waals surface area (Å²) in [6.07, 6.45) is 3.42. The first-order chi connectivity index (χ1) is 14.3. The van der Waals surface area contributed by atoms with Crippen molar-refractivity contribution in [3.05, 3.63) is 12.3 Å². The van der Waals surface area contributed by atoms with Crippen LogP contribution in [0.25, 0.3) is 0 Å². The van der Waals surface area contributed by atoms with E-state index in [2.05, 4.69) is 16.1 Å². The number of nitrogens with one attached hydrogen (secondary N) is 3. The summed E-state index contributed by atoms with van der Waals surface area (Å²) in [6.45, 7) is 4.61. The number of allylic oxidation sites excluding steroid dienone is 1. The van der Waals surface area contributed by atoms with Gasteiger partial charge in [0.25, 0.3) is 0 Å². The van der Waals surface area contributed by atoms with E-state index in [9.17, 15) is 20.1 Å². The zero-order valence-electron chi connectivity index (χ0n) is 18.2. The predicted octanol–water partition coefficient (Wildman–Crippen LogP) is -0.279. The fourth-order valence-corrected chi connectivity index (χ4v) is 4.72. The lowest BCUT2D eigenvalue weighted by Gasteiger charge is -2.44. The van der Waals surface area contributed by atoms with Gasteiger partial charge < -0.3 is 30.7 Å². The van der Waals surface area contributed by atoms with E-state index in [1.165, 1.54) is 11.8 Å². The summed E-state index contributed by atoms with van der Waals surface area (Å²) >= 11 is 1.26. The lowest BCUT2D eigenvalue weighted by molar-refractivity contribution is -0.208. The first kappa shape index (κ1) is 25.4. The van der Waals surface area contributed by atoms with Crippen molar-refractivity contribution >= 4 is 17.7 Å². The van der Waals surface area contributed by atoms with E-state index in [1.807, 2.05) is 19.9 Å². The molecule has 6 N–H and O–H groups in total. The summed E-state index contributed by atoms with van der Waals surface area (Å²) in [5.41, 5.74) is 1.99. The van der Waals surface area contributed by atoms with Crippen molar-refractivity contribution < 1.29 is 29.7 Å². The van der Waals surface area contributed by atoms with E-state index in [-0.39, 0.29) is 17.9 Å². The van der Waals surface area contributed by atoms with E-state index < -0.39 is 35.9 Å². The molecule has 2 aliphatic heterocycles. The largest absolute Gasteiger partial charge is 0.388 e. The maximum Gasteiger partial charge on any atom is 0.237 e. The molecule has 174 valence electrons. The molecule has 2 rings (SSSR count). The molecule has 0 saturated carbocycles. The number of hydroxylamine groups is 1. The van der Waals surface area contributed by atoms with Gasteiger partial charge in [-0.25, -0.2) is 0 Å². The number of amides is 1. The van der Waals surface area contributed by atoms with Crippen LogP contribution < -0.4 is 16.1 Å².